The number of hydrogen-bond donors (Lipinski definition) is 5. The third-order valence-electron chi connectivity index (χ3n) is 4.20. The molecule has 0 spiro atoms. The summed E-state index contributed by atoms with van der Waals surface area (Å²) in [7, 11) is 0. The summed E-state index contributed by atoms with van der Waals surface area (Å²) in [6.45, 7) is 5.05. The summed E-state index contributed by atoms with van der Waals surface area (Å²) in [5, 5.41) is 14.6. The summed E-state index contributed by atoms with van der Waals surface area (Å²) in [6, 6.07) is 3.58. The zero-order chi connectivity index (χ0) is 22.6. The number of hydrogen-bond acceptors (Lipinski definition) is 5. The third kappa shape index (κ3) is 5.93. The highest BCUT2D eigenvalue weighted by atomic mass is 16.5. The Morgan fingerprint density at radius 1 is 1.30 bits per heavy atom. The lowest BCUT2D eigenvalue weighted by Crippen LogP contribution is -2.46. The Kier molecular flexibility index (Phi) is 6.65. The van der Waals surface area contributed by atoms with E-state index in [4.69, 9.17) is 16.2 Å². The Bertz CT molecular complexity index is 901. The van der Waals surface area contributed by atoms with E-state index in [2.05, 4.69) is 15.6 Å². The molecule has 1 aliphatic rings. The van der Waals surface area contributed by atoms with Crippen LogP contribution in [0.15, 0.2) is 23.2 Å². The third-order valence-corrected chi connectivity index (χ3v) is 4.20. The molecule has 0 saturated carbocycles. The lowest BCUT2D eigenvalue weighted by atomic mass is 9.94. The van der Waals surface area contributed by atoms with Crippen molar-refractivity contribution in [3.63, 3.8) is 0 Å². The van der Waals surface area contributed by atoms with Gasteiger partial charge in [-0.25, -0.2) is 4.79 Å². The molecule has 3 amide bonds. The zero-order valence-electron chi connectivity index (χ0n) is 16.9. The van der Waals surface area contributed by atoms with Gasteiger partial charge in [0.1, 0.15) is 11.8 Å². The summed E-state index contributed by atoms with van der Waals surface area (Å²) < 4.78 is 5.54. The number of fused-ring (bicyclic) bond motifs is 1. The SMILES string of the molecule is CC(C)(C)C(=O)N[C@@H](Cc1ccc2c(c1)NC(=O)C(CC(=O)N=C(N)N)O2)C(=O)O. The number of carboxylic acids is 1. The lowest BCUT2D eigenvalue weighted by Gasteiger charge is -2.26. The number of aliphatic carboxylic acids is 1. The van der Waals surface area contributed by atoms with Gasteiger partial charge in [0.05, 0.1) is 12.1 Å². The highest BCUT2D eigenvalue weighted by Crippen LogP contribution is 2.31. The predicted octanol–water partition coefficient (Wildman–Crippen LogP) is -0.266. The molecule has 0 aromatic heterocycles. The Morgan fingerprint density at radius 3 is 2.53 bits per heavy atom. The van der Waals surface area contributed by atoms with Crippen molar-refractivity contribution in [2.24, 2.45) is 21.9 Å². The average Bonchev–Trinajstić information content (AvgIpc) is 2.60. The second-order valence-electron chi connectivity index (χ2n) is 7.88. The highest BCUT2D eigenvalue weighted by molar-refractivity contribution is 6.01. The molecule has 7 N–H and O–H groups in total. The number of anilines is 1. The maximum absolute atomic E-state index is 12.2. The van der Waals surface area contributed by atoms with Crippen molar-refractivity contribution in [1.82, 2.24) is 5.32 Å². The number of carbonyl (C=O) groups excluding carboxylic acids is 3. The van der Waals surface area contributed by atoms with E-state index in [0.717, 1.165) is 0 Å². The fourth-order valence-corrected chi connectivity index (χ4v) is 2.62. The summed E-state index contributed by atoms with van der Waals surface area (Å²) >= 11 is 0. The van der Waals surface area contributed by atoms with Gasteiger partial charge < -0.3 is 31.9 Å². The van der Waals surface area contributed by atoms with Crippen molar-refractivity contribution in [1.29, 1.82) is 0 Å². The number of carbonyl (C=O) groups is 4. The molecule has 11 heteroatoms. The van der Waals surface area contributed by atoms with Crippen LogP contribution in [0.3, 0.4) is 0 Å². The normalized spacial score (nSPS) is 16.4. The summed E-state index contributed by atoms with van der Waals surface area (Å²) in [5.74, 6) is -2.93. The van der Waals surface area contributed by atoms with E-state index in [9.17, 15) is 24.3 Å². The number of carboxylic acid groups (broad SMARTS) is 1. The summed E-state index contributed by atoms with van der Waals surface area (Å²) in [5.41, 5.74) is 10.4. The zero-order valence-corrected chi connectivity index (χ0v) is 16.9. The van der Waals surface area contributed by atoms with Gasteiger partial charge in [0.2, 0.25) is 5.91 Å². The Labute approximate surface area is 172 Å². The van der Waals surface area contributed by atoms with Crippen LogP contribution in [0.25, 0.3) is 0 Å². The molecule has 11 nitrogen and oxygen atoms in total. The molecule has 0 fully saturated rings. The van der Waals surface area contributed by atoms with Crippen LogP contribution in [-0.2, 0) is 25.6 Å². The lowest BCUT2D eigenvalue weighted by molar-refractivity contribution is -0.143. The fraction of sp³-hybridized carbons (Fsp3) is 0.421. The van der Waals surface area contributed by atoms with Gasteiger partial charge in [0, 0.05) is 11.8 Å². The summed E-state index contributed by atoms with van der Waals surface area (Å²) in [4.78, 5) is 50.9. The van der Waals surface area contributed by atoms with Crippen LogP contribution >= 0.6 is 0 Å². The monoisotopic (exact) mass is 419 g/mol. The van der Waals surface area contributed by atoms with E-state index in [1.54, 1.807) is 39.0 Å². The molecule has 0 radical (unpaired) electrons. The smallest absolute Gasteiger partial charge is 0.326 e. The van der Waals surface area contributed by atoms with Crippen molar-refractivity contribution >= 4 is 35.3 Å². The van der Waals surface area contributed by atoms with Crippen molar-refractivity contribution < 1.29 is 29.0 Å². The number of benzene rings is 1. The van der Waals surface area contributed by atoms with Gasteiger partial charge in [-0.2, -0.15) is 4.99 Å². The molecule has 1 aromatic carbocycles. The first kappa shape index (κ1) is 22.7. The van der Waals surface area contributed by atoms with Crippen molar-refractivity contribution in [3.8, 4) is 5.75 Å². The number of nitrogens with two attached hydrogens (primary N) is 2. The minimum absolute atomic E-state index is 0.00666. The molecular formula is C19H25N5O6. The average molecular weight is 419 g/mol. The molecule has 1 heterocycles. The maximum Gasteiger partial charge on any atom is 0.326 e. The van der Waals surface area contributed by atoms with Gasteiger partial charge in [-0.3, -0.25) is 14.4 Å². The maximum atomic E-state index is 12.2. The van der Waals surface area contributed by atoms with Gasteiger partial charge in [-0.15, -0.1) is 0 Å². The Morgan fingerprint density at radius 2 is 1.97 bits per heavy atom. The van der Waals surface area contributed by atoms with E-state index in [0.29, 0.717) is 17.0 Å². The molecule has 0 bridgehead atoms. The fourth-order valence-electron chi connectivity index (χ4n) is 2.62. The molecule has 1 unspecified atom stereocenters. The Hall–Kier alpha value is -3.63. The van der Waals surface area contributed by atoms with Gasteiger partial charge in [-0.05, 0) is 17.7 Å². The van der Waals surface area contributed by atoms with Crippen LogP contribution in [-0.4, -0.2) is 46.9 Å². The van der Waals surface area contributed by atoms with Crippen LogP contribution in [0.4, 0.5) is 5.69 Å². The number of nitrogens with one attached hydrogen (secondary N) is 2. The molecule has 2 rings (SSSR count). The molecule has 0 saturated heterocycles. The van der Waals surface area contributed by atoms with Crippen LogP contribution in [0.5, 0.6) is 5.75 Å². The standard InChI is InChI=1S/C19H25N5O6/c1-19(2,3)17(29)23-11(16(27)28)7-9-4-5-12-10(6-9)22-15(26)13(30-12)8-14(25)24-18(20)21/h4-6,11,13H,7-8H2,1-3H3,(H,22,26)(H,23,29)(H,27,28)(H4,20,21,24,25)/t11-,13?/m0/s1. The number of aliphatic imine (C=N–C) groups is 1. The van der Waals surface area contributed by atoms with E-state index < -0.39 is 47.2 Å². The molecule has 30 heavy (non-hydrogen) atoms. The highest BCUT2D eigenvalue weighted by Gasteiger charge is 2.31. The van der Waals surface area contributed by atoms with Crippen LogP contribution in [0.2, 0.25) is 0 Å². The number of guanidine groups is 1. The second-order valence-corrected chi connectivity index (χ2v) is 7.88. The van der Waals surface area contributed by atoms with Gasteiger partial charge >= 0.3 is 5.97 Å². The van der Waals surface area contributed by atoms with Crippen molar-refractivity contribution in [2.75, 3.05) is 5.32 Å². The molecule has 1 aliphatic heterocycles. The molecular weight excluding hydrogens is 394 g/mol. The topological polar surface area (TPSA) is 186 Å². The molecule has 162 valence electrons. The molecule has 1 aromatic rings. The van der Waals surface area contributed by atoms with Crippen LogP contribution in [0.1, 0.15) is 32.8 Å². The Balaban J connectivity index is 2.13. The van der Waals surface area contributed by atoms with Crippen molar-refractivity contribution in [2.45, 2.75) is 45.8 Å². The van der Waals surface area contributed by atoms with E-state index in [1.807, 2.05) is 0 Å². The second kappa shape index (κ2) is 8.80. The van der Waals surface area contributed by atoms with Gasteiger partial charge in [-0.1, -0.05) is 26.8 Å². The first-order chi connectivity index (χ1) is 13.9. The number of amides is 3. The first-order valence-electron chi connectivity index (χ1n) is 9.13. The predicted molar refractivity (Wildman–Crippen MR) is 108 cm³/mol. The number of rotatable bonds is 6. The number of ether oxygens (including phenoxy) is 1. The minimum Gasteiger partial charge on any atom is -0.480 e. The van der Waals surface area contributed by atoms with Crippen LogP contribution in [0, 0.1) is 5.41 Å². The minimum atomic E-state index is -1.18. The van der Waals surface area contributed by atoms with E-state index >= 15 is 0 Å². The van der Waals surface area contributed by atoms with Gasteiger partial charge in [0.25, 0.3) is 11.8 Å². The van der Waals surface area contributed by atoms with Crippen LogP contribution < -0.4 is 26.8 Å². The molecule has 2 atom stereocenters. The largest absolute Gasteiger partial charge is 0.480 e. The van der Waals surface area contributed by atoms with Crippen molar-refractivity contribution in [3.05, 3.63) is 23.8 Å². The first-order valence-corrected chi connectivity index (χ1v) is 9.13. The molecule has 0 aliphatic carbocycles. The van der Waals surface area contributed by atoms with E-state index in [-0.39, 0.29) is 12.8 Å². The quantitative estimate of drug-likeness (QED) is 0.308. The van der Waals surface area contributed by atoms with Gasteiger partial charge in [0.15, 0.2) is 12.1 Å². The summed E-state index contributed by atoms with van der Waals surface area (Å²) in [6.07, 6.45) is -1.44. The van der Waals surface area contributed by atoms with E-state index in [1.165, 1.54) is 0 Å². The number of nitrogens with zero attached hydrogens (tertiary/aromatic N) is 1.